The number of hydrazine groups is 1. The number of aromatic nitrogens is 1. The van der Waals surface area contributed by atoms with Crippen molar-refractivity contribution in [1.29, 1.82) is 0 Å². The fraction of sp³-hybridized carbons (Fsp3) is 0.500. The summed E-state index contributed by atoms with van der Waals surface area (Å²) in [5.74, 6) is 6.46. The molecule has 1 aliphatic rings. The van der Waals surface area contributed by atoms with Crippen molar-refractivity contribution in [2.75, 3.05) is 10.9 Å². The van der Waals surface area contributed by atoms with E-state index in [1.54, 1.807) is 23.3 Å². The number of hydrogen-bond acceptors (Lipinski definition) is 6. The molecule has 3 N–H and O–H groups in total. The Morgan fingerprint density at radius 3 is 2.81 bits per heavy atom. The molecule has 0 aromatic carbocycles. The van der Waals surface area contributed by atoms with Gasteiger partial charge < -0.3 is 5.32 Å². The average Bonchev–Trinajstić information content (AvgIpc) is 2.97. The van der Waals surface area contributed by atoms with Crippen LogP contribution in [-0.4, -0.2) is 27.0 Å². The first-order valence-corrected chi connectivity index (χ1v) is 8.38. The summed E-state index contributed by atoms with van der Waals surface area (Å²) >= 11 is 6.83. The molecule has 1 aromatic heterocycles. The van der Waals surface area contributed by atoms with Gasteiger partial charge in [0, 0.05) is 13.0 Å². The Labute approximate surface area is 134 Å². The van der Waals surface area contributed by atoms with Gasteiger partial charge in [0.1, 0.15) is 10.0 Å². The van der Waals surface area contributed by atoms with Crippen molar-refractivity contribution in [3.05, 3.63) is 24.0 Å². The average molecular weight is 324 g/mol. The van der Waals surface area contributed by atoms with Crippen LogP contribution in [-0.2, 0) is 0 Å². The van der Waals surface area contributed by atoms with Gasteiger partial charge in [-0.2, -0.15) is 0 Å². The lowest BCUT2D eigenvalue weighted by molar-refractivity contribution is 0.101. The number of rotatable bonds is 5. The number of nitrogens with two attached hydrogens (primary N) is 1. The number of nitrogens with one attached hydrogen (secondary N) is 1. The molecule has 0 unspecified atom stereocenters. The molecule has 114 valence electrons. The molecule has 0 saturated heterocycles. The zero-order valence-corrected chi connectivity index (χ0v) is 13.7. The van der Waals surface area contributed by atoms with Crippen molar-refractivity contribution in [2.45, 2.75) is 38.6 Å². The zero-order valence-electron chi connectivity index (χ0n) is 12.0. The van der Waals surface area contributed by atoms with Crippen LogP contribution in [0.15, 0.2) is 18.3 Å². The minimum absolute atomic E-state index is 0.0542. The normalized spacial score (nSPS) is 15.0. The van der Waals surface area contributed by atoms with Crippen LogP contribution in [0.5, 0.6) is 0 Å². The molecular formula is C14H20N4OS2. The third-order valence-corrected chi connectivity index (χ3v) is 4.71. The van der Waals surface area contributed by atoms with Gasteiger partial charge in [0.05, 0.1) is 17.8 Å². The summed E-state index contributed by atoms with van der Waals surface area (Å²) in [7, 11) is 0. The van der Waals surface area contributed by atoms with E-state index in [-0.39, 0.29) is 5.78 Å². The topological polar surface area (TPSA) is 71.2 Å². The molecule has 2 rings (SSSR count). The van der Waals surface area contributed by atoms with Crippen LogP contribution in [0.1, 0.15) is 43.1 Å². The quantitative estimate of drug-likeness (QED) is 0.283. The molecule has 1 heterocycles. The highest BCUT2D eigenvalue weighted by molar-refractivity contribution is 8.23. The summed E-state index contributed by atoms with van der Waals surface area (Å²) < 4.78 is 0.783. The summed E-state index contributed by atoms with van der Waals surface area (Å²) in [6, 6.07) is 3.99. The highest BCUT2D eigenvalue weighted by Crippen LogP contribution is 2.19. The third kappa shape index (κ3) is 4.94. The Morgan fingerprint density at radius 2 is 2.24 bits per heavy atom. The van der Waals surface area contributed by atoms with E-state index in [1.165, 1.54) is 44.4 Å². The Hall–Kier alpha value is -1.18. The van der Waals surface area contributed by atoms with Crippen LogP contribution in [0.2, 0.25) is 0 Å². The van der Waals surface area contributed by atoms with Gasteiger partial charge in [-0.15, -0.1) is 0 Å². The van der Waals surface area contributed by atoms with Crippen molar-refractivity contribution in [3.63, 3.8) is 0 Å². The molecule has 0 spiro atoms. The molecular weight excluding hydrogens is 304 g/mol. The fourth-order valence-electron chi connectivity index (χ4n) is 2.25. The van der Waals surface area contributed by atoms with E-state index in [0.29, 0.717) is 17.6 Å². The number of carbonyl (C=O) groups is 1. The second-order valence-electron chi connectivity index (χ2n) is 5.11. The number of thiocarbonyl (C=S) groups is 1. The molecule has 1 aromatic rings. The highest BCUT2D eigenvalue weighted by atomic mass is 32.2. The predicted octanol–water partition coefficient (Wildman–Crippen LogP) is 2.47. The molecule has 1 aliphatic carbocycles. The first-order valence-electron chi connectivity index (χ1n) is 6.99. The maximum Gasteiger partial charge on any atom is 0.178 e. The van der Waals surface area contributed by atoms with Gasteiger partial charge in [-0.25, -0.2) is 5.84 Å². The maximum absolute atomic E-state index is 11.2. The first kappa shape index (κ1) is 16.2. The van der Waals surface area contributed by atoms with Crippen LogP contribution < -0.4 is 16.2 Å². The molecule has 0 amide bonds. The number of carbonyl (C=O) groups excluding carboxylic acids is 1. The molecule has 0 radical (unpaired) electrons. The molecule has 1 fully saturated rings. The van der Waals surface area contributed by atoms with Crippen LogP contribution in [0, 0.1) is 0 Å². The third-order valence-electron chi connectivity index (χ3n) is 3.45. The van der Waals surface area contributed by atoms with Gasteiger partial charge in [-0.1, -0.05) is 36.8 Å². The number of Topliss-reactive ketones (excluding diaryl/α,β-unsaturated/α-hetero) is 1. The number of ketones is 1. The molecule has 0 aliphatic heterocycles. The minimum Gasteiger partial charge on any atom is -0.368 e. The number of hydrogen-bond donors (Lipinski definition) is 2. The zero-order chi connectivity index (χ0) is 15.2. The van der Waals surface area contributed by atoms with E-state index in [4.69, 9.17) is 18.1 Å². The van der Waals surface area contributed by atoms with E-state index in [2.05, 4.69) is 10.3 Å². The fourth-order valence-corrected chi connectivity index (χ4v) is 3.23. The number of anilines is 1. The van der Waals surface area contributed by atoms with Crippen LogP contribution >= 0.6 is 24.0 Å². The van der Waals surface area contributed by atoms with Gasteiger partial charge in [-0.05, 0) is 25.0 Å². The lowest BCUT2D eigenvalue weighted by Gasteiger charge is -2.19. The molecule has 1 saturated carbocycles. The Kier molecular flexibility index (Phi) is 5.96. The van der Waals surface area contributed by atoms with Crippen molar-refractivity contribution in [2.24, 2.45) is 5.84 Å². The van der Waals surface area contributed by atoms with E-state index in [1.807, 2.05) is 0 Å². The highest BCUT2D eigenvalue weighted by Gasteiger charge is 2.16. The summed E-state index contributed by atoms with van der Waals surface area (Å²) in [6.45, 7) is 1.49. The minimum atomic E-state index is -0.0542. The van der Waals surface area contributed by atoms with Crippen molar-refractivity contribution >= 4 is 39.8 Å². The van der Waals surface area contributed by atoms with Gasteiger partial charge in [0.15, 0.2) is 5.78 Å². The van der Waals surface area contributed by atoms with Gasteiger partial charge in [-0.3, -0.25) is 14.8 Å². The van der Waals surface area contributed by atoms with E-state index >= 15 is 0 Å². The van der Waals surface area contributed by atoms with E-state index < -0.39 is 0 Å². The van der Waals surface area contributed by atoms with Gasteiger partial charge >= 0.3 is 0 Å². The Morgan fingerprint density at radius 1 is 1.52 bits per heavy atom. The van der Waals surface area contributed by atoms with Crippen molar-refractivity contribution in [3.8, 4) is 0 Å². The molecule has 0 bridgehead atoms. The number of nitrogens with zero attached hydrogens (tertiary/aromatic N) is 2. The predicted molar refractivity (Wildman–Crippen MR) is 91.4 cm³/mol. The van der Waals surface area contributed by atoms with E-state index in [0.717, 1.165) is 10.0 Å². The van der Waals surface area contributed by atoms with E-state index in [9.17, 15) is 4.79 Å². The monoisotopic (exact) mass is 324 g/mol. The lowest BCUT2D eigenvalue weighted by Crippen LogP contribution is -2.34. The summed E-state index contributed by atoms with van der Waals surface area (Å²) in [4.78, 5) is 15.3. The second kappa shape index (κ2) is 7.72. The lowest BCUT2D eigenvalue weighted by atomic mass is 10.2. The van der Waals surface area contributed by atoms with Crippen molar-refractivity contribution in [1.82, 2.24) is 10.3 Å². The summed E-state index contributed by atoms with van der Waals surface area (Å²) in [6.07, 6.45) is 6.56. The smallest absolute Gasteiger partial charge is 0.178 e. The first-order chi connectivity index (χ1) is 10.1. The number of thioether (sulfide) groups is 1. The maximum atomic E-state index is 11.2. The SMILES string of the molecule is CC(=O)c1ccc(N(N)CSC(=S)NC2CCCC2)cn1. The van der Waals surface area contributed by atoms with Crippen LogP contribution in [0.3, 0.4) is 0 Å². The number of pyridine rings is 1. The summed E-state index contributed by atoms with van der Waals surface area (Å²) in [5, 5.41) is 4.94. The van der Waals surface area contributed by atoms with Crippen molar-refractivity contribution < 1.29 is 4.79 Å². The molecule has 5 nitrogen and oxygen atoms in total. The molecule has 0 atom stereocenters. The summed E-state index contributed by atoms with van der Waals surface area (Å²) in [5.41, 5.74) is 1.20. The standard InChI is InChI=1S/C14H20N4OS2/c1-10(19)13-7-6-12(8-16-13)18(15)9-21-14(20)17-11-4-2-3-5-11/h6-8,11H,2-5,9,15H2,1H3,(H,17,20). The Bertz CT molecular complexity index is 500. The van der Waals surface area contributed by atoms with Crippen LogP contribution in [0.4, 0.5) is 5.69 Å². The largest absolute Gasteiger partial charge is 0.368 e. The van der Waals surface area contributed by atoms with Crippen LogP contribution in [0.25, 0.3) is 0 Å². The van der Waals surface area contributed by atoms with Gasteiger partial charge in [0.2, 0.25) is 0 Å². The molecule has 7 heteroatoms. The second-order valence-corrected chi connectivity index (χ2v) is 6.74. The van der Waals surface area contributed by atoms with Gasteiger partial charge in [0.25, 0.3) is 0 Å². The molecule has 21 heavy (non-hydrogen) atoms. The Balaban J connectivity index is 1.79.